The molecule has 0 radical (unpaired) electrons. The van der Waals surface area contributed by atoms with E-state index in [-0.39, 0.29) is 0 Å². The molecule has 3 heteroatoms. The fourth-order valence-corrected chi connectivity index (χ4v) is 1.73. The molecule has 1 heterocycles. The Morgan fingerprint density at radius 1 is 0.765 bits per heavy atom. The zero-order valence-corrected chi connectivity index (χ0v) is 9.30. The highest BCUT2D eigenvalue weighted by atomic mass is 15.7. The fourth-order valence-electron chi connectivity index (χ4n) is 1.73. The summed E-state index contributed by atoms with van der Waals surface area (Å²) in [4.78, 5) is 1.88. The van der Waals surface area contributed by atoms with E-state index in [1.165, 1.54) is 11.1 Å². The summed E-state index contributed by atoms with van der Waals surface area (Å²) in [7, 11) is 0. The van der Waals surface area contributed by atoms with Crippen molar-refractivity contribution in [2.75, 3.05) is 0 Å². The first-order chi connectivity index (χ1) is 8.43. The van der Waals surface area contributed by atoms with E-state index in [9.17, 15) is 0 Å². The van der Waals surface area contributed by atoms with Gasteiger partial charge in [0.2, 0.25) is 0 Å². The molecule has 0 bridgehead atoms. The number of nitrogens with one attached hydrogen (secondary N) is 2. The Bertz CT molecular complexity index is 602. The molecule has 84 valence electrons. The van der Waals surface area contributed by atoms with Gasteiger partial charge in [0.25, 0.3) is 0 Å². The lowest BCUT2D eigenvalue weighted by molar-refractivity contribution is 1.05. The van der Waals surface area contributed by atoms with Crippen LogP contribution in [-0.4, -0.2) is 15.2 Å². The highest BCUT2D eigenvalue weighted by molar-refractivity contribution is 5.73. The average Bonchev–Trinajstić information content (AvgIpc) is 3.22. The summed E-state index contributed by atoms with van der Waals surface area (Å²) in [6.07, 6.45) is 4.23. The van der Waals surface area contributed by atoms with Crippen molar-refractivity contribution in [3.8, 4) is 5.69 Å². The predicted molar refractivity (Wildman–Crippen MR) is 69.8 cm³/mol. The van der Waals surface area contributed by atoms with Gasteiger partial charge in [0.1, 0.15) is 0 Å². The van der Waals surface area contributed by atoms with Crippen LogP contribution in [0.15, 0.2) is 54.6 Å². The maximum Gasteiger partial charge on any atom is 0.0915 e. The van der Waals surface area contributed by atoms with Gasteiger partial charge in [-0.3, -0.25) is 0 Å². The molecule has 0 unspecified atom stereocenters. The van der Waals surface area contributed by atoms with Gasteiger partial charge in [-0.25, -0.2) is 10.4 Å². The molecule has 0 spiro atoms. The lowest BCUT2D eigenvalue weighted by atomic mass is 10.1. The van der Waals surface area contributed by atoms with Gasteiger partial charge in [-0.05, 0) is 11.6 Å². The Hall–Kier alpha value is -2.42. The summed E-state index contributed by atoms with van der Waals surface area (Å²) in [5.74, 6) is 0. The zero-order valence-electron chi connectivity index (χ0n) is 9.30. The third-order valence-electron chi connectivity index (χ3n) is 2.66. The van der Waals surface area contributed by atoms with Gasteiger partial charge < -0.3 is 0 Å². The van der Waals surface area contributed by atoms with Crippen molar-refractivity contribution in [1.82, 2.24) is 15.2 Å². The van der Waals surface area contributed by atoms with E-state index in [4.69, 9.17) is 0 Å². The summed E-state index contributed by atoms with van der Waals surface area (Å²) in [6, 6.07) is 18.5. The van der Waals surface area contributed by atoms with Crippen LogP contribution in [0.1, 0.15) is 11.1 Å². The van der Waals surface area contributed by atoms with Crippen LogP contribution in [-0.2, 0) is 0 Å². The minimum absolute atomic E-state index is 1.12. The first kappa shape index (κ1) is 9.78. The second kappa shape index (κ2) is 4.22. The lowest BCUT2D eigenvalue weighted by Gasteiger charge is -1.99. The van der Waals surface area contributed by atoms with Crippen molar-refractivity contribution < 1.29 is 0 Å². The lowest BCUT2D eigenvalue weighted by Crippen LogP contribution is -1.87. The van der Waals surface area contributed by atoms with Gasteiger partial charge in [0, 0.05) is 5.56 Å². The van der Waals surface area contributed by atoms with Crippen LogP contribution in [0.2, 0.25) is 0 Å². The Kier molecular flexibility index (Phi) is 2.43. The molecule has 0 aliphatic carbocycles. The summed E-state index contributed by atoms with van der Waals surface area (Å²) in [5.41, 5.74) is 3.50. The number of aromatic nitrogens is 3. The monoisotopic (exact) mass is 223 g/mol. The van der Waals surface area contributed by atoms with E-state index < -0.39 is 0 Å². The van der Waals surface area contributed by atoms with Crippen LogP contribution in [0.4, 0.5) is 0 Å². The van der Waals surface area contributed by atoms with Gasteiger partial charge >= 0.3 is 0 Å². The molecule has 1 aromatic heterocycles. The van der Waals surface area contributed by atoms with Crippen molar-refractivity contribution >= 4 is 12.2 Å². The standard InChI is InChI=1S/C14H13N3/c1-2-6-12(7-3-1)10-11-13-8-4-5-9-14(13)17-15-16-17/h1-11,15-16H. The minimum Gasteiger partial charge on any atom is -0.205 e. The van der Waals surface area contributed by atoms with Crippen molar-refractivity contribution in [3.05, 3.63) is 65.7 Å². The Balaban J connectivity index is 1.91. The molecule has 0 aliphatic heterocycles. The van der Waals surface area contributed by atoms with Gasteiger partial charge in [-0.1, -0.05) is 60.7 Å². The maximum absolute atomic E-state index is 2.94. The molecule has 3 nitrogen and oxygen atoms in total. The molecule has 17 heavy (non-hydrogen) atoms. The van der Waals surface area contributed by atoms with Crippen LogP contribution in [0.25, 0.3) is 17.8 Å². The number of benzene rings is 2. The summed E-state index contributed by atoms with van der Waals surface area (Å²) in [6.45, 7) is 0. The number of H-pyrrole nitrogens is 2. The first-order valence-electron chi connectivity index (χ1n) is 5.57. The molecule has 0 amide bonds. The van der Waals surface area contributed by atoms with Gasteiger partial charge in [0.05, 0.1) is 5.69 Å². The normalized spacial score (nSPS) is 11.3. The molecular weight excluding hydrogens is 210 g/mol. The third-order valence-corrected chi connectivity index (χ3v) is 2.66. The second-order valence-electron chi connectivity index (χ2n) is 3.86. The molecule has 0 aliphatic rings. The van der Waals surface area contributed by atoms with E-state index in [1.54, 1.807) is 0 Å². The number of aromatic amines is 2. The van der Waals surface area contributed by atoms with Crippen LogP contribution in [0.5, 0.6) is 0 Å². The van der Waals surface area contributed by atoms with Crippen LogP contribution in [0.3, 0.4) is 0 Å². The molecule has 0 fully saturated rings. The van der Waals surface area contributed by atoms with Gasteiger partial charge in [-0.2, -0.15) is 4.80 Å². The predicted octanol–water partition coefficient (Wildman–Crippen LogP) is 3.30. The Labute approximate surface area is 99.3 Å². The first-order valence-corrected chi connectivity index (χ1v) is 5.57. The summed E-state index contributed by atoms with van der Waals surface area (Å²) >= 11 is 0. The van der Waals surface area contributed by atoms with Gasteiger partial charge in [-0.15, -0.1) is 0 Å². The molecule has 0 saturated heterocycles. The molecular formula is C14H13N3. The second-order valence-corrected chi connectivity index (χ2v) is 3.86. The summed E-state index contributed by atoms with van der Waals surface area (Å²) < 4.78 is 0. The fraction of sp³-hybridized carbons (Fsp3) is 0. The minimum atomic E-state index is 1.12. The van der Waals surface area contributed by atoms with Crippen molar-refractivity contribution in [3.63, 3.8) is 0 Å². The van der Waals surface area contributed by atoms with Gasteiger partial charge in [0.15, 0.2) is 0 Å². The van der Waals surface area contributed by atoms with Crippen LogP contribution < -0.4 is 0 Å². The van der Waals surface area contributed by atoms with Crippen LogP contribution >= 0.6 is 0 Å². The topological polar surface area (TPSA) is 36.5 Å². The molecule has 0 atom stereocenters. The molecule has 2 aromatic carbocycles. The molecule has 3 aromatic rings. The van der Waals surface area contributed by atoms with E-state index in [1.807, 2.05) is 35.1 Å². The van der Waals surface area contributed by atoms with E-state index in [0.717, 1.165) is 5.69 Å². The smallest absolute Gasteiger partial charge is 0.0915 e. The third kappa shape index (κ3) is 2.23. The number of nitrogens with zero attached hydrogens (tertiary/aromatic N) is 1. The quantitative estimate of drug-likeness (QED) is 0.639. The molecule has 3 rings (SSSR count). The number of para-hydroxylation sites is 1. The average molecular weight is 223 g/mol. The number of hydrogen-bond acceptors (Lipinski definition) is 0. The zero-order chi connectivity index (χ0) is 11.5. The molecule has 2 N–H and O–H groups in total. The highest BCUT2D eigenvalue weighted by Gasteiger charge is 2.03. The van der Waals surface area contributed by atoms with E-state index in [0.29, 0.717) is 0 Å². The highest BCUT2D eigenvalue weighted by Crippen LogP contribution is 2.16. The van der Waals surface area contributed by atoms with Crippen molar-refractivity contribution in [1.29, 1.82) is 0 Å². The molecule has 0 saturated carbocycles. The summed E-state index contributed by atoms with van der Waals surface area (Å²) in [5, 5.41) is 5.88. The SMILES string of the molecule is C(=Cc1ccccc1-n1[nH][nH]1)c1ccccc1. The van der Waals surface area contributed by atoms with E-state index >= 15 is 0 Å². The van der Waals surface area contributed by atoms with Crippen molar-refractivity contribution in [2.45, 2.75) is 0 Å². The Morgan fingerprint density at radius 3 is 2.24 bits per heavy atom. The van der Waals surface area contributed by atoms with Crippen molar-refractivity contribution in [2.24, 2.45) is 0 Å². The largest absolute Gasteiger partial charge is 0.205 e. The maximum atomic E-state index is 2.94. The van der Waals surface area contributed by atoms with E-state index in [2.05, 4.69) is 46.8 Å². The number of rotatable bonds is 3. The number of hydrogen-bond donors (Lipinski definition) is 2. The van der Waals surface area contributed by atoms with Crippen LogP contribution in [0, 0.1) is 0 Å². The Morgan fingerprint density at radius 2 is 1.47 bits per heavy atom.